The van der Waals surface area contributed by atoms with E-state index in [1.54, 1.807) is 0 Å². The average Bonchev–Trinajstić information content (AvgIpc) is 2.24. The van der Waals surface area contributed by atoms with E-state index < -0.39 is 5.60 Å². The van der Waals surface area contributed by atoms with Crippen molar-refractivity contribution < 1.29 is 14.3 Å². The van der Waals surface area contributed by atoms with Crippen LogP contribution in [0.3, 0.4) is 0 Å². The molecule has 2 aliphatic heterocycles. The van der Waals surface area contributed by atoms with Gasteiger partial charge < -0.3 is 14.4 Å². The predicted octanol–water partition coefficient (Wildman–Crippen LogP) is 1.72. The number of ether oxygens (including phenoxy) is 2. The van der Waals surface area contributed by atoms with Crippen LogP contribution in [0.4, 0.5) is 4.79 Å². The van der Waals surface area contributed by atoms with E-state index in [1.807, 2.05) is 25.7 Å². The quantitative estimate of drug-likeness (QED) is 0.766. The second kappa shape index (κ2) is 5.67. The van der Waals surface area contributed by atoms with Gasteiger partial charge in [-0.15, -0.1) is 0 Å². The Morgan fingerprint density at radius 1 is 1.21 bits per heavy atom. The molecule has 0 unspecified atom stereocenters. The Morgan fingerprint density at radius 3 is 2.21 bits per heavy atom. The van der Waals surface area contributed by atoms with Gasteiger partial charge in [-0.25, -0.2) is 4.79 Å². The van der Waals surface area contributed by atoms with E-state index in [-0.39, 0.29) is 6.09 Å². The molecule has 19 heavy (non-hydrogen) atoms. The lowest BCUT2D eigenvalue weighted by molar-refractivity contribution is -0.0764. The first-order chi connectivity index (χ1) is 8.87. The molecule has 0 bridgehead atoms. The molecule has 0 N–H and O–H groups in total. The molecule has 5 heteroatoms. The summed E-state index contributed by atoms with van der Waals surface area (Å²) < 4.78 is 10.6. The first kappa shape index (κ1) is 14.6. The summed E-state index contributed by atoms with van der Waals surface area (Å²) in [4.78, 5) is 16.2. The SMILES string of the molecule is CN(C1CCN(C(=O)OC(C)(C)C)CC1)C1COC1. The second-order valence-corrected chi connectivity index (χ2v) is 6.56. The molecule has 0 aliphatic carbocycles. The van der Waals surface area contributed by atoms with Crippen molar-refractivity contribution in [3.8, 4) is 0 Å². The standard InChI is InChI=1S/C14H26N2O3/c1-14(2,3)19-13(17)16-7-5-11(6-8-16)15(4)12-9-18-10-12/h11-12H,5-10H2,1-4H3. The van der Waals surface area contributed by atoms with Crippen molar-refractivity contribution >= 4 is 6.09 Å². The Hall–Kier alpha value is -0.810. The van der Waals surface area contributed by atoms with Crippen LogP contribution in [-0.4, -0.2) is 66.9 Å². The summed E-state index contributed by atoms with van der Waals surface area (Å²) in [6.07, 6.45) is 1.86. The van der Waals surface area contributed by atoms with Crippen molar-refractivity contribution in [2.24, 2.45) is 0 Å². The number of carbonyl (C=O) groups excluding carboxylic acids is 1. The fourth-order valence-corrected chi connectivity index (χ4v) is 2.54. The van der Waals surface area contributed by atoms with E-state index in [2.05, 4.69) is 11.9 Å². The zero-order chi connectivity index (χ0) is 14.0. The monoisotopic (exact) mass is 270 g/mol. The normalized spacial score (nSPS) is 22.5. The molecule has 1 amide bonds. The van der Waals surface area contributed by atoms with Gasteiger partial charge in [0, 0.05) is 19.1 Å². The molecule has 2 heterocycles. The summed E-state index contributed by atoms with van der Waals surface area (Å²) in [5.41, 5.74) is -0.409. The van der Waals surface area contributed by atoms with Crippen molar-refractivity contribution in [2.45, 2.75) is 51.3 Å². The molecule has 0 aromatic heterocycles. The third kappa shape index (κ3) is 3.83. The molecule has 2 rings (SSSR count). The third-order valence-corrected chi connectivity index (χ3v) is 3.89. The number of likely N-dealkylation sites (N-methyl/N-ethyl adjacent to an activating group) is 1. The van der Waals surface area contributed by atoms with Gasteiger partial charge in [0.1, 0.15) is 5.60 Å². The number of amides is 1. The predicted molar refractivity (Wildman–Crippen MR) is 73.2 cm³/mol. The van der Waals surface area contributed by atoms with Crippen LogP contribution in [0.1, 0.15) is 33.6 Å². The molecule has 0 aromatic rings. The minimum Gasteiger partial charge on any atom is -0.444 e. The van der Waals surface area contributed by atoms with Crippen LogP contribution in [-0.2, 0) is 9.47 Å². The smallest absolute Gasteiger partial charge is 0.410 e. The molecule has 2 fully saturated rings. The Labute approximate surface area is 115 Å². The lowest BCUT2D eigenvalue weighted by atomic mass is 10.0. The van der Waals surface area contributed by atoms with Crippen LogP contribution in [0.2, 0.25) is 0 Å². The third-order valence-electron chi connectivity index (χ3n) is 3.89. The van der Waals surface area contributed by atoms with E-state index in [4.69, 9.17) is 9.47 Å². The number of carbonyl (C=O) groups is 1. The van der Waals surface area contributed by atoms with Gasteiger partial charge in [-0.05, 0) is 40.7 Å². The maximum atomic E-state index is 12.0. The summed E-state index contributed by atoms with van der Waals surface area (Å²) in [5, 5.41) is 0. The van der Waals surface area contributed by atoms with E-state index in [0.29, 0.717) is 12.1 Å². The summed E-state index contributed by atoms with van der Waals surface area (Å²) in [6.45, 7) is 8.99. The Balaban J connectivity index is 1.77. The Bertz CT molecular complexity index is 315. The van der Waals surface area contributed by atoms with Crippen molar-refractivity contribution in [1.29, 1.82) is 0 Å². The molecular formula is C14H26N2O3. The van der Waals surface area contributed by atoms with E-state index in [1.165, 1.54) is 0 Å². The van der Waals surface area contributed by atoms with Crippen LogP contribution in [0.25, 0.3) is 0 Å². The lowest BCUT2D eigenvalue weighted by Crippen LogP contribution is -2.54. The van der Waals surface area contributed by atoms with Crippen molar-refractivity contribution in [1.82, 2.24) is 9.80 Å². The number of nitrogens with zero attached hydrogens (tertiary/aromatic N) is 2. The van der Waals surface area contributed by atoms with Gasteiger partial charge in [0.2, 0.25) is 0 Å². The molecular weight excluding hydrogens is 244 g/mol. The molecule has 110 valence electrons. The minimum atomic E-state index is -0.409. The maximum Gasteiger partial charge on any atom is 0.410 e. The van der Waals surface area contributed by atoms with Gasteiger partial charge in [0.05, 0.1) is 19.3 Å². The number of hydrogen-bond donors (Lipinski definition) is 0. The first-order valence-corrected chi connectivity index (χ1v) is 7.14. The van der Waals surface area contributed by atoms with Crippen molar-refractivity contribution in [3.63, 3.8) is 0 Å². The molecule has 0 saturated carbocycles. The molecule has 2 aliphatic rings. The minimum absolute atomic E-state index is 0.180. The number of rotatable bonds is 2. The molecule has 0 aromatic carbocycles. The summed E-state index contributed by atoms with van der Waals surface area (Å²) >= 11 is 0. The highest BCUT2D eigenvalue weighted by Gasteiger charge is 2.32. The van der Waals surface area contributed by atoms with Crippen molar-refractivity contribution in [2.75, 3.05) is 33.4 Å². The van der Waals surface area contributed by atoms with Gasteiger partial charge in [0.15, 0.2) is 0 Å². The Morgan fingerprint density at radius 2 is 1.79 bits per heavy atom. The first-order valence-electron chi connectivity index (χ1n) is 7.14. The highest BCUT2D eigenvalue weighted by molar-refractivity contribution is 5.68. The number of likely N-dealkylation sites (tertiary alicyclic amines) is 1. The highest BCUT2D eigenvalue weighted by Crippen LogP contribution is 2.21. The molecule has 0 radical (unpaired) electrons. The fraction of sp³-hybridized carbons (Fsp3) is 0.929. The fourth-order valence-electron chi connectivity index (χ4n) is 2.54. The molecule has 5 nitrogen and oxygen atoms in total. The largest absolute Gasteiger partial charge is 0.444 e. The molecule has 2 saturated heterocycles. The van der Waals surface area contributed by atoms with Gasteiger partial charge in [-0.2, -0.15) is 0 Å². The van der Waals surface area contributed by atoms with Crippen LogP contribution in [0.15, 0.2) is 0 Å². The van der Waals surface area contributed by atoms with Crippen molar-refractivity contribution in [3.05, 3.63) is 0 Å². The lowest BCUT2D eigenvalue weighted by Gasteiger charge is -2.43. The number of hydrogen-bond acceptors (Lipinski definition) is 4. The summed E-state index contributed by atoms with van der Waals surface area (Å²) in [5.74, 6) is 0. The average molecular weight is 270 g/mol. The van der Waals surface area contributed by atoms with Crippen LogP contribution in [0.5, 0.6) is 0 Å². The molecule has 0 spiro atoms. The zero-order valence-corrected chi connectivity index (χ0v) is 12.5. The topological polar surface area (TPSA) is 42.0 Å². The van der Waals surface area contributed by atoms with E-state index in [9.17, 15) is 4.79 Å². The summed E-state index contributed by atoms with van der Waals surface area (Å²) in [7, 11) is 2.17. The summed E-state index contributed by atoms with van der Waals surface area (Å²) in [6, 6.07) is 1.13. The van der Waals surface area contributed by atoms with Crippen LogP contribution >= 0.6 is 0 Å². The van der Waals surface area contributed by atoms with Gasteiger partial charge >= 0.3 is 6.09 Å². The number of piperidine rings is 1. The van der Waals surface area contributed by atoms with E-state index in [0.717, 1.165) is 39.1 Å². The van der Waals surface area contributed by atoms with Gasteiger partial charge in [-0.1, -0.05) is 0 Å². The van der Waals surface area contributed by atoms with Gasteiger partial charge in [-0.3, -0.25) is 4.90 Å². The maximum absolute atomic E-state index is 12.0. The van der Waals surface area contributed by atoms with Crippen LogP contribution < -0.4 is 0 Å². The second-order valence-electron chi connectivity index (χ2n) is 6.56. The highest BCUT2D eigenvalue weighted by atomic mass is 16.6. The zero-order valence-electron chi connectivity index (χ0n) is 12.5. The van der Waals surface area contributed by atoms with Gasteiger partial charge in [0.25, 0.3) is 0 Å². The Kier molecular flexibility index (Phi) is 4.36. The van der Waals surface area contributed by atoms with Crippen LogP contribution in [0, 0.1) is 0 Å². The molecule has 0 atom stereocenters. The van der Waals surface area contributed by atoms with E-state index >= 15 is 0 Å².